The number of carbonyl (C=O) groups excluding carboxylic acids is 1. The van der Waals surface area contributed by atoms with E-state index in [-0.39, 0.29) is 5.97 Å². The molecular formula is C16H20N2O3S. The molecule has 1 aromatic heterocycles. The second kappa shape index (κ2) is 9.15. The zero-order chi connectivity index (χ0) is 15.6. The Kier molecular flexibility index (Phi) is 6.83. The third-order valence-electron chi connectivity index (χ3n) is 2.84. The van der Waals surface area contributed by atoms with Crippen LogP contribution in [0.1, 0.15) is 30.3 Å². The first-order valence-electron chi connectivity index (χ1n) is 7.32. The molecule has 0 saturated carbocycles. The third-order valence-corrected chi connectivity index (χ3v) is 3.81. The number of aromatic nitrogens is 2. The lowest BCUT2D eigenvalue weighted by atomic mass is 10.3. The van der Waals surface area contributed by atoms with Gasteiger partial charge in [-0.25, -0.2) is 9.78 Å². The van der Waals surface area contributed by atoms with Gasteiger partial charge in [-0.05, 0) is 31.9 Å². The molecular weight excluding hydrogens is 300 g/mol. The van der Waals surface area contributed by atoms with E-state index in [1.54, 1.807) is 18.7 Å². The lowest BCUT2D eigenvalue weighted by Gasteiger charge is -2.05. The van der Waals surface area contributed by atoms with Crippen molar-refractivity contribution >= 4 is 17.7 Å². The van der Waals surface area contributed by atoms with E-state index in [0.29, 0.717) is 18.9 Å². The Morgan fingerprint density at radius 1 is 1.27 bits per heavy atom. The lowest BCUT2D eigenvalue weighted by molar-refractivity contribution is 0.0519. The number of aromatic amines is 1. The zero-order valence-corrected chi connectivity index (χ0v) is 13.4. The minimum absolute atomic E-state index is 0.363. The van der Waals surface area contributed by atoms with Crippen molar-refractivity contribution in [1.82, 2.24) is 9.97 Å². The molecule has 118 valence electrons. The maximum absolute atomic E-state index is 11.5. The molecule has 0 saturated heterocycles. The topological polar surface area (TPSA) is 64.2 Å². The molecule has 5 nitrogen and oxygen atoms in total. The molecule has 1 N–H and O–H groups in total. The number of carbonyl (C=O) groups is 1. The summed E-state index contributed by atoms with van der Waals surface area (Å²) in [5.74, 6) is 1.46. The van der Waals surface area contributed by atoms with Gasteiger partial charge in [0.05, 0.1) is 19.4 Å². The predicted octanol–water partition coefficient (Wildman–Crippen LogP) is 3.54. The van der Waals surface area contributed by atoms with E-state index in [2.05, 4.69) is 9.97 Å². The van der Waals surface area contributed by atoms with Crippen LogP contribution in [0.25, 0.3) is 0 Å². The fourth-order valence-corrected chi connectivity index (χ4v) is 2.62. The smallest absolute Gasteiger partial charge is 0.356 e. The van der Waals surface area contributed by atoms with Gasteiger partial charge in [0.25, 0.3) is 0 Å². The van der Waals surface area contributed by atoms with Gasteiger partial charge in [0, 0.05) is 5.75 Å². The van der Waals surface area contributed by atoms with Crippen LogP contribution in [0.5, 0.6) is 5.75 Å². The highest BCUT2D eigenvalue weighted by Gasteiger charge is 2.10. The third kappa shape index (κ3) is 5.44. The van der Waals surface area contributed by atoms with Crippen molar-refractivity contribution in [2.45, 2.75) is 24.9 Å². The molecule has 1 heterocycles. The van der Waals surface area contributed by atoms with Crippen LogP contribution in [0.3, 0.4) is 0 Å². The van der Waals surface area contributed by atoms with Crippen LogP contribution in [-0.2, 0) is 4.74 Å². The highest BCUT2D eigenvalue weighted by atomic mass is 32.2. The summed E-state index contributed by atoms with van der Waals surface area (Å²) in [4.78, 5) is 18.6. The first-order chi connectivity index (χ1) is 10.8. The molecule has 0 aliphatic carbocycles. The second-order valence-electron chi connectivity index (χ2n) is 4.54. The van der Waals surface area contributed by atoms with Crippen LogP contribution in [0, 0.1) is 0 Å². The number of unbranched alkanes of at least 4 members (excludes halogenated alkanes) is 1. The predicted molar refractivity (Wildman–Crippen MR) is 86.4 cm³/mol. The molecule has 0 radical (unpaired) electrons. The van der Waals surface area contributed by atoms with E-state index in [9.17, 15) is 4.79 Å². The molecule has 6 heteroatoms. The van der Waals surface area contributed by atoms with Crippen LogP contribution < -0.4 is 4.74 Å². The molecule has 0 aliphatic heterocycles. The van der Waals surface area contributed by atoms with Crippen LogP contribution in [0.4, 0.5) is 0 Å². The second-order valence-corrected chi connectivity index (χ2v) is 5.62. The number of nitrogens with zero attached hydrogens (tertiary/aromatic N) is 1. The van der Waals surface area contributed by atoms with Crippen LogP contribution in [0.15, 0.2) is 41.7 Å². The van der Waals surface area contributed by atoms with Gasteiger partial charge in [0.15, 0.2) is 5.16 Å². The number of imidazole rings is 1. The minimum Gasteiger partial charge on any atom is -0.494 e. The van der Waals surface area contributed by atoms with Crippen molar-refractivity contribution in [3.63, 3.8) is 0 Å². The molecule has 0 bridgehead atoms. The Balaban J connectivity index is 1.60. The standard InChI is InChI=1S/C16H20N2O3S/c1-2-20-15(19)14-12-17-16(18-14)22-11-7-6-10-21-13-8-4-3-5-9-13/h3-5,8-9,12H,2,6-7,10-11H2,1H3,(H,17,18). The van der Waals surface area contributed by atoms with Gasteiger partial charge in [-0.15, -0.1) is 0 Å². The number of thioether (sulfide) groups is 1. The number of para-hydroxylation sites is 1. The minimum atomic E-state index is -0.363. The molecule has 0 aliphatic rings. The van der Waals surface area contributed by atoms with Crippen molar-refractivity contribution in [3.05, 3.63) is 42.2 Å². The summed E-state index contributed by atoms with van der Waals surface area (Å²) in [6.07, 6.45) is 3.51. The first-order valence-corrected chi connectivity index (χ1v) is 8.31. The molecule has 0 unspecified atom stereocenters. The van der Waals surface area contributed by atoms with Gasteiger partial charge in [-0.2, -0.15) is 0 Å². The number of hydrogen-bond acceptors (Lipinski definition) is 5. The SMILES string of the molecule is CCOC(=O)c1cnc(SCCCCOc2ccccc2)[nH]1. The molecule has 0 spiro atoms. The number of benzene rings is 1. The molecule has 22 heavy (non-hydrogen) atoms. The monoisotopic (exact) mass is 320 g/mol. The van der Waals surface area contributed by atoms with Crippen molar-refractivity contribution < 1.29 is 14.3 Å². The summed E-state index contributed by atoms with van der Waals surface area (Å²) in [6, 6.07) is 9.80. The largest absolute Gasteiger partial charge is 0.494 e. The van der Waals surface area contributed by atoms with Gasteiger partial charge in [0.2, 0.25) is 0 Å². The average Bonchev–Trinajstić information content (AvgIpc) is 3.01. The highest BCUT2D eigenvalue weighted by Crippen LogP contribution is 2.16. The van der Waals surface area contributed by atoms with E-state index in [0.717, 1.165) is 29.5 Å². The summed E-state index contributed by atoms with van der Waals surface area (Å²) < 4.78 is 10.5. The molecule has 2 rings (SSSR count). The molecule has 0 amide bonds. The molecule has 0 fully saturated rings. The van der Waals surface area contributed by atoms with E-state index in [4.69, 9.17) is 9.47 Å². The number of nitrogens with one attached hydrogen (secondary N) is 1. The van der Waals surface area contributed by atoms with Crippen molar-refractivity contribution in [3.8, 4) is 5.75 Å². The number of ether oxygens (including phenoxy) is 2. The summed E-state index contributed by atoms with van der Waals surface area (Å²) in [5, 5.41) is 0.743. The van der Waals surface area contributed by atoms with Crippen molar-refractivity contribution in [2.24, 2.45) is 0 Å². The molecule has 0 atom stereocenters. The van der Waals surface area contributed by atoms with Crippen LogP contribution in [-0.4, -0.2) is 34.9 Å². The maximum atomic E-state index is 11.5. The average molecular weight is 320 g/mol. The fraction of sp³-hybridized carbons (Fsp3) is 0.375. The maximum Gasteiger partial charge on any atom is 0.356 e. The van der Waals surface area contributed by atoms with Crippen LogP contribution >= 0.6 is 11.8 Å². The Morgan fingerprint density at radius 2 is 2.09 bits per heavy atom. The normalized spacial score (nSPS) is 10.4. The van der Waals surface area contributed by atoms with E-state index in [1.165, 1.54) is 6.20 Å². The Bertz CT molecular complexity index is 572. The van der Waals surface area contributed by atoms with Crippen molar-refractivity contribution in [2.75, 3.05) is 19.0 Å². The number of H-pyrrole nitrogens is 1. The van der Waals surface area contributed by atoms with Crippen molar-refractivity contribution in [1.29, 1.82) is 0 Å². The van der Waals surface area contributed by atoms with E-state index in [1.807, 2.05) is 30.3 Å². The summed E-state index contributed by atoms with van der Waals surface area (Å²) in [7, 11) is 0. The van der Waals surface area contributed by atoms with E-state index < -0.39 is 0 Å². The van der Waals surface area contributed by atoms with Gasteiger partial charge in [0.1, 0.15) is 11.4 Å². The summed E-state index contributed by atoms with van der Waals surface area (Å²) in [5.41, 5.74) is 0.400. The summed E-state index contributed by atoms with van der Waals surface area (Å²) >= 11 is 1.59. The molecule has 2 aromatic rings. The van der Waals surface area contributed by atoms with Crippen LogP contribution in [0.2, 0.25) is 0 Å². The highest BCUT2D eigenvalue weighted by molar-refractivity contribution is 7.99. The molecule has 1 aromatic carbocycles. The summed E-state index contributed by atoms with van der Waals surface area (Å²) in [6.45, 7) is 2.85. The lowest BCUT2D eigenvalue weighted by Crippen LogP contribution is -2.04. The number of hydrogen-bond donors (Lipinski definition) is 1. The van der Waals surface area contributed by atoms with E-state index >= 15 is 0 Å². The zero-order valence-electron chi connectivity index (χ0n) is 12.6. The fourth-order valence-electron chi connectivity index (χ4n) is 1.77. The van der Waals surface area contributed by atoms with Gasteiger partial charge < -0.3 is 14.5 Å². The number of esters is 1. The Labute approximate surface area is 134 Å². The van der Waals surface area contributed by atoms with Gasteiger partial charge in [-0.3, -0.25) is 0 Å². The van der Waals surface area contributed by atoms with Gasteiger partial charge in [-0.1, -0.05) is 30.0 Å². The number of rotatable bonds is 9. The van der Waals surface area contributed by atoms with Gasteiger partial charge >= 0.3 is 5.97 Å². The first kappa shape index (κ1) is 16.4. The quantitative estimate of drug-likeness (QED) is 0.435. The Morgan fingerprint density at radius 3 is 2.86 bits per heavy atom. The Hall–Kier alpha value is -1.95.